The lowest BCUT2D eigenvalue weighted by Gasteiger charge is -2.33. The Hall–Kier alpha value is -2.26. The second kappa shape index (κ2) is 10.9. The van der Waals surface area contributed by atoms with Crippen LogP contribution in [-0.4, -0.2) is 72.2 Å². The number of aromatic nitrogens is 1. The van der Waals surface area contributed by atoms with E-state index in [1.807, 2.05) is 36.4 Å². The Balaban J connectivity index is 1.23. The van der Waals surface area contributed by atoms with Crippen LogP contribution in [0.15, 0.2) is 40.9 Å². The first-order valence-electron chi connectivity index (χ1n) is 11.0. The molecule has 1 aromatic heterocycles. The van der Waals surface area contributed by atoms with E-state index in [4.69, 9.17) is 14.0 Å². The van der Waals surface area contributed by atoms with Gasteiger partial charge in [0.2, 0.25) is 5.91 Å². The van der Waals surface area contributed by atoms with Crippen molar-refractivity contribution >= 4 is 5.91 Å². The van der Waals surface area contributed by atoms with E-state index in [2.05, 4.69) is 15.4 Å². The summed E-state index contributed by atoms with van der Waals surface area (Å²) >= 11 is 0. The first kappa shape index (κ1) is 22.0. The first-order valence-corrected chi connectivity index (χ1v) is 11.0. The van der Waals surface area contributed by atoms with Crippen LogP contribution in [0, 0.1) is 0 Å². The number of amides is 1. The summed E-state index contributed by atoms with van der Waals surface area (Å²) in [5.41, 5.74) is 1.82. The molecule has 2 aromatic rings. The average molecular weight is 430 g/mol. The largest absolute Gasteiger partial charge is 0.390 e. The van der Waals surface area contributed by atoms with Crippen molar-refractivity contribution in [2.75, 3.05) is 32.8 Å². The smallest absolute Gasteiger partial charge is 0.224 e. The monoisotopic (exact) mass is 429 g/mol. The van der Waals surface area contributed by atoms with Crippen LogP contribution in [0.5, 0.6) is 0 Å². The van der Waals surface area contributed by atoms with E-state index >= 15 is 0 Å². The van der Waals surface area contributed by atoms with Gasteiger partial charge in [0.1, 0.15) is 6.10 Å². The van der Waals surface area contributed by atoms with Crippen LogP contribution in [0.25, 0.3) is 0 Å². The molecule has 0 radical (unpaired) electrons. The maximum atomic E-state index is 12.2. The number of morpholine rings is 1. The molecule has 3 heterocycles. The Morgan fingerprint density at radius 1 is 1.19 bits per heavy atom. The number of aliphatic hydroxyl groups is 1. The number of hydrogen-bond acceptors (Lipinski definition) is 7. The molecule has 8 nitrogen and oxygen atoms in total. The lowest BCUT2D eigenvalue weighted by Crippen LogP contribution is -2.46. The van der Waals surface area contributed by atoms with Crippen molar-refractivity contribution in [1.82, 2.24) is 15.4 Å². The fraction of sp³-hybridized carbons (Fsp3) is 0.565. The minimum absolute atomic E-state index is 0.0548. The Morgan fingerprint density at radius 2 is 2.00 bits per heavy atom. The maximum absolute atomic E-state index is 12.2. The van der Waals surface area contributed by atoms with Gasteiger partial charge < -0.3 is 24.4 Å². The summed E-state index contributed by atoms with van der Waals surface area (Å²) < 4.78 is 17.0. The Labute approximate surface area is 182 Å². The molecule has 168 valence electrons. The molecule has 31 heavy (non-hydrogen) atoms. The number of hydrogen-bond donors (Lipinski definition) is 2. The Bertz CT molecular complexity index is 822. The summed E-state index contributed by atoms with van der Waals surface area (Å²) in [6.07, 6.45) is 1.29. The third kappa shape index (κ3) is 6.61. The SMILES string of the molecule is O=C(Cc1ccccc1)NC[C@H]1O[C@H](Cc2cc(CN3CCOCC3)on2)CC[C@@H]1O. The van der Waals surface area contributed by atoms with E-state index < -0.39 is 12.2 Å². The number of aliphatic hydroxyl groups excluding tert-OH is 1. The molecule has 3 atom stereocenters. The molecule has 0 bridgehead atoms. The van der Waals surface area contributed by atoms with Crippen LogP contribution in [-0.2, 0) is 33.7 Å². The normalized spacial score (nSPS) is 24.7. The molecule has 1 aromatic carbocycles. The lowest BCUT2D eigenvalue weighted by molar-refractivity contribution is -0.128. The molecule has 2 N–H and O–H groups in total. The number of nitrogens with one attached hydrogen (secondary N) is 1. The highest BCUT2D eigenvalue weighted by molar-refractivity contribution is 5.78. The Morgan fingerprint density at radius 3 is 2.81 bits per heavy atom. The number of carbonyl (C=O) groups is 1. The third-order valence-corrected chi connectivity index (χ3v) is 5.82. The fourth-order valence-corrected chi connectivity index (χ4v) is 4.08. The molecule has 0 saturated carbocycles. The minimum Gasteiger partial charge on any atom is -0.390 e. The van der Waals surface area contributed by atoms with E-state index in [-0.39, 0.29) is 12.0 Å². The molecule has 0 spiro atoms. The fourth-order valence-electron chi connectivity index (χ4n) is 4.08. The summed E-state index contributed by atoms with van der Waals surface area (Å²) in [6, 6.07) is 11.6. The van der Waals surface area contributed by atoms with E-state index in [9.17, 15) is 9.90 Å². The van der Waals surface area contributed by atoms with Gasteiger partial charge in [-0.1, -0.05) is 35.5 Å². The van der Waals surface area contributed by atoms with Crippen molar-refractivity contribution in [3.63, 3.8) is 0 Å². The number of ether oxygens (including phenoxy) is 2. The van der Waals surface area contributed by atoms with Gasteiger partial charge in [-0.2, -0.15) is 0 Å². The lowest BCUT2D eigenvalue weighted by atomic mass is 9.98. The third-order valence-electron chi connectivity index (χ3n) is 5.82. The molecule has 2 aliphatic rings. The van der Waals surface area contributed by atoms with Gasteiger partial charge in [-0.25, -0.2) is 0 Å². The summed E-state index contributed by atoms with van der Waals surface area (Å²) in [7, 11) is 0. The van der Waals surface area contributed by atoms with Gasteiger partial charge in [-0.05, 0) is 18.4 Å². The van der Waals surface area contributed by atoms with Gasteiger partial charge in [0.05, 0.1) is 44.1 Å². The predicted octanol–water partition coefficient (Wildman–Crippen LogP) is 1.32. The molecule has 2 saturated heterocycles. The first-order chi connectivity index (χ1) is 15.2. The minimum atomic E-state index is -0.581. The molecular weight excluding hydrogens is 398 g/mol. The van der Waals surface area contributed by atoms with E-state index in [1.54, 1.807) is 0 Å². The van der Waals surface area contributed by atoms with Gasteiger partial charge in [-0.3, -0.25) is 9.69 Å². The molecule has 2 aliphatic heterocycles. The quantitative estimate of drug-likeness (QED) is 0.653. The molecule has 8 heteroatoms. The van der Waals surface area contributed by atoms with Crippen LogP contribution in [0.4, 0.5) is 0 Å². The van der Waals surface area contributed by atoms with Crippen LogP contribution < -0.4 is 5.32 Å². The van der Waals surface area contributed by atoms with Gasteiger partial charge >= 0.3 is 0 Å². The number of benzene rings is 1. The second-order valence-electron chi connectivity index (χ2n) is 8.28. The molecule has 2 fully saturated rings. The van der Waals surface area contributed by atoms with Gasteiger partial charge in [-0.15, -0.1) is 0 Å². The summed E-state index contributed by atoms with van der Waals surface area (Å²) in [5, 5.41) is 17.4. The van der Waals surface area contributed by atoms with Crippen molar-refractivity contribution in [3.05, 3.63) is 53.4 Å². The van der Waals surface area contributed by atoms with Crippen molar-refractivity contribution < 1.29 is 23.9 Å². The Kier molecular flexibility index (Phi) is 7.69. The highest BCUT2D eigenvalue weighted by atomic mass is 16.5. The second-order valence-corrected chi connectivity index (χ2v) is 8.28. The topological polar surface area (TPSA) is 97.1 Å². The molecular formula is C23H31N3O5. The van der Waals surface area contributed by atoms with Gasteiger partial charge in [0.25, 0.3) is 0 Å². The highest BCUT2D eigenvalue weighted by Gasteiger charge is 2.31. The van der Waals surface area contributed by atoms with Crippen molar-refractivity contribution in [3.8, 4) is 0 Å². The molecule has 4 rings (SSSR count). The van der Waals surface area contributed by atoms with Crippen LogP contribution in [0.2, 0.25) is 0 Å². The molecule has 0 unspecified atom stereocenters. The maximum Gasteiger partial charge on any atom is 0.224 e. The zero-order valence-electron chi connectivity index (χ0n) is 17.7. The zero-order chi connectivity index (χ0) is 21.5. The van der Waals surface area contributed by atoms with Gasteiger partial charge in [0.15, 0.2) is 5.76 Å². The number of rotatable bonds is 8. The summed E-state index contributed by atoms with van der Waals surface area (Å²) in [5.74, 6) is 0.769. The summed E-state index contributed by atoms with van der Waals surface area (Å²) in [6.45, 7) is 4.33. The van der Waals surface area contributed by atoms with Crippen LogP contribution >= 0.6 is 0 Å². The van der Waals surface area contributed by atoms with Crippen LogP contribution in [0.1, 0.15) is 29.9 Å². The van der Waals surface area contributed by atoms with Crippen molar-refractivity contribution in [1.29, 1.82) is 0 Å². The van der Waals surface area contributed by atoms with Crippen molar-refractivity contribution in [2.24, 2.45) is 0 Å². The van der Waals surface area contributed by atoms with E-state index in [1.165, 1.54) is 0 Å². The highest BCUT2D eigenvalue weighted by Crippen LogP contribution is 2.23. The predicted molar refractivity (Wildman–Crippen MR) is 113 cm³/mol. The number of nitrogens with zero attached hydrogens (tertiary/aromatic N) is 2. The zero-order valence-corrected chi connectivity index (χ0v) is 17.7. The summed E-state index contributed by atoms with van der Waals surface area (Å²) in [4.78, 5) is 14.5. The van der Waals surface area contributed by atoms with Crippen LogP contribution in [0.3, 0.4) is 0 Å². The standard InChI is InChI=1S/C23H31N3O5/c27-21-7-6-19(13-18-14-20(31-25-18)16-26-8-10-29-11-9-26)30-22(21)15-24-23(28)12-17-4-2-1-3-5-17/h1-5,14,19,21-22,27H,6-13,15-16H2,(H,24,28)/t19-,21-,22+/m0/s1. The van der Waals surface area contributed by atoms with Crippen molar-refractivity contribution in [2.45, 2.75) is 50.5 Å². The number of carbonyl (C=O) groups excluding carboxylic acids is 1. The van der Waals surface area contributed by atoms with E-state index in [0.29, 0.717) is 25.8 Å². The molecule has 1 amide bonds. The van der Waals surface area contributed by atoms with Gasteiger partial charge in [0, 0.05) is 32.1 Å². The van der Waals surface area contributed by atoms with E-state index in [0.717, 1.165) is 56.3 Å². The molecule has 0 aliphatic carbocycles. The average Bonchev–Trinajstić information content (AvgIpc) is 3.22.